The second kappa shape index (κ2) is 77.8. The van der Waals surface area contributed by atoms with Gasteiger partial charge in [-0.2, -0.15) is 0 Å². The minimum absolute atomic E-state index is 0.108. The smallest absolute Gasteiger partial charge is 0.462 e. The van der Waals surface area contributed by atoms with Gasteiger partial charge in [-0.15, -0.1) is 0 Å². The fraction of sp³-hybridized carbons (Fsp3) is 0.953. The predicted octanol–water partition coefficient (Wildman–Crippen LogP) is 26.0. The Balaban J connectivity index is 5.24. The van der Waals surface area contributed by atoms with E-state index in [1.165, 1.54) is 283 Å². The number of rotatable bonds is 85. The Morgan fingerprint density at radius 2 is 0.462 bits per heavy atom. The van der Waals surface area contributed by atoms with Crippen molar-refractivity contribution >= 4 is 39.5 Å². The van der Waals surface area contributed by atoms with Crippen LogP contribution in [0.5, 0.6) is 0 Å². The Labute approximate surface area is 638 Å². The quantitative estimate of drug-likeness (QED) is 0.0222. The number of unbranched alkanes of at least 4 members (excludes halogenated alkanes) is 56. The first-order valence-corrected chi connectivity index (χ1v) is 47.2. The zero-order chi connectivity index (χ0) is 76.2. The van der Waals surface area contributed by atoms with Gasteiger partial charge in [-0.1, -0.05) is 407 Å². The van der Waals surface area contributed by atoms with Crippen molar-refractivity contribution in [2.75, 3.05) is 39.6 Å². The van der Waals surface area contributed by atoms with Crippen molar-refractivity contribution < 1.29 is 80.2 Å². The number of phosphoric ester groups is 2. The molecule has 3 unspecified atom stereocenters. The van der Waals surface area contributed by atoms with E-state index in [1.807, 2.05) is 0 Å². The summed E-state index contributed by atoms with van der Waals surface area (Å²) in [4.78, 5) is 73.2. The van der Waals surface area contributed by atoms with Gasteiger partial charge in [0.15, 0.2) is 12.2 Å². The molecule has 3 N–H and O–H groups in total. The highest BCUT2D eigenvalue weighted by Gasteiger charge is 2.30. The van der Waals surface area contributed by atoms with Crippen molar-refractivity contribution in [2.45, 2.75) is 477 Å². The number of aliphatic hydroxyl groups excluding tert-OH is 1. The normalized spacial score (nSPS) is 14.0. The van der Waals surface area contributed by atoms with Crippen LogP contribution in [0, 0.1) is 5.92 Å². The lowest BCUT2D eigenvalue weighted by molar-refractivity contribution is -0.161. The van der Waals surface area contributed by atoms with Crippen LogP contribution in [-0.2, 0) is 65.4 Å². The molecule has 104 heavy (non-hydrogen) atoms. The molecule has 0 aliphatic rings. The van der Waals surface area contributed by atoms with Gasteiger partial charge in [-0.05, 0) is 31.6 Å². The van der Waals surface area contributed by atoms with Crippen molar-refractivity contribution in [1.29, 1.82) is 0 Å². The Hall–Kier alpha value is -1.94. The van der Waals surface area contributed by atoms with E-state index in [4.69, 9.17) is 37.0 Å². The van der Waals surface area contributed by atoms with E-state index < -0.39 is 97.5 Å². The molecule has 0 fully saturated rings. The molecule has 0 spiro atoms. The van der Waals surface area contributed by atoms with Crippen LogP contribution in [-0.4, -0.2) is 96.7 Å². The summed E-state index contributed by atoms with van der Waals surface area (Å²) < 4.78 is 68.9. The molecule has 618 valence electrons. The Kier molecular flexibility index (Phi) is 76.3. The monoisotopic (exact) mass is 1520 g/mol. The maximum atomic E-state index is 13.1. The van der Waals surface area contributed by atoms with E-state index >= 15 is 0 Å². The lowest BCUT2D eigenvalue weighted by Crippen LogP contribution is -2.30. The second-order valence-corrected chi connectivity index (χ2v) is 33.7. The number of carbonyl (C=O) groups is 4. The number of phosphoric acid groups is 2. The lowest BCUT2D eigenvalue weighted by Gasteiger charge is -2.21. The summed E-state index contributed by atoms with van der Waals surface area (Å²) in [6.07, 6.45) is 70.7. The lowest BCUT2D eigenvalue weighted by atomic mass is 9.99. The van der Waals surface area contributed by atoms with Gasteiger partial charge in [-0.25, -0.2) is 9.13 Å². The molecule has 0 saturated heterocycles. The van der Waals surface area contributed by atoms with Crippen LogP contribution in [0.1, 0.15) is 458 Å². The summed E-state index contributed by atoms with van der Waals surface area (Å²) in [5, 5.41) is 10.7. The molecule has 0 bridgehead atoms. The highest BCUT2D eigenvalue weighted by atomic mass is 31.2. The van der Waals surface area contributed by atoms with Crippen molar-refractivity contribution in [3.05, 3.63) is 0 Å². The molecule has 6 atom stereocenters. The van der Waals surface area contributed by atoms with Gasteiger partial charge in [0.1, 0.15) is 19.3 Å². The van der Waals surface area contributed by atoms with Gasteiger partial charge in [0.25, 0.3) is 0 Å². The molecule has 0 aromatic rings. The fourth-order valence-electron chi connectivity index (χ4n) is 13.3. The number of carbonyl (C=O) groups excluding carboxylic acids is 4. The Morgan fingerprint density at radius 3 is 0.683 bits per heavy atom. The third kappa shape index (κ3) is 76.8. The van der Waals surface area contributed by atoms with Gasteiger partial charge in [0, 0.05) is 25.7 Å². The van der Waals surface area contributed by atoms with Crippen LogP contribution in [0.15, 0.2) is 0 Å². The minimum Gasteiger partial charge on any atom is -0.462 e. The maximum absolute atomic E-state index is 13.1. The van der Waals surface area contributed by atoms with Crippen molar-refractivity contribution in [3.63, 3.8) is 0 Å². The van der Waals surface area contributed by atoms with Crippen LogP contribution in [0.3, 0.4) is 0 Å². The summed E-state index contributed by atoms with van der Waals surface area (Å²) >= 11 is 0. The average Bonchev–Trinajstić information content (AvgIpc) is 0.910. The largest absolute Gasteiger partial charge is 0.472 e. The zero-order valence-electron chi connectivity index (χ0n) is 68.2. The van der Waals surface area contributed by atoms with Gasteiger partial charge >= 0.3 is 39.5 Å². The molecule has 0 rings (SSSR count). The minimum atomic E-state index is -4.96. The molecule has 0 radical (unpaired) electrons. The first kappa shape index (κ1) is 102. The van der Waals surface area contributed by atoms with Crippen molar-refractivity contribution in [1.82, 2.24) is 0 Å². The third-order valence-corrected chi connectivity index (χ3v) is 22.3. The van der Waals surface area contributed by atoms with Gasteiger partial charge in [0.05, 0.1) is 26.4 Å². The van der Waals surface area contributed by atoms with E-state index in [9.17, 15) is 43.2 Å². The number of ether oxygens (including phenoxy) is 4. The van der Waals surface area contributed by atoms with E-state index in [-0.39, 0.29) is 25.7 Å². The standard InChI is InChI=1S/C85H166O17P2/c1-6-10-13-16-19-22-25-28-29-30-31-32-33-34-35-41-46-51-56-61-66-71-85(90)102-81(75-96-83(88)69-64-59-54-49-44-40-37-36-39-42-47-52-57-62-67-78(5)9-4)77-100-104(93,94)98-73-79(86)72-97-103(91,92)99-76-80(74-95-82(87)68-63-58-53-48-43-27-24-21-18-15-12-8-3)101-84(89)70-65-60-55-50-45-38-26-23-20-17-14-11-7-2/h78-81,86H,6-77H2,1-5H3,(H,91,92)(H,93,94)/t78?,79-,80+,81+/m0/s1. The molecule has 0 aliphatic carbocycles. The van der Waals surface area contributed by atoms with E-state index in [0.29, 0.717) is 25.7 Å². The molecular formula is C85H166O17P2. The van der Waals surface area contributed by atoms with Crippen LogP contribution < -0.4 is 0 Å². The topological polar surface area (TPSA) is 237 Å². The summed E-state index contributed by atoms with van der Waals surface area (Å²) in [6, 6.07) is 0. The summed E-state index contributed by atoms with van der Waals surface area (Å²) in [5.74, 6) is -1.25. The molecule has 0 aliphatic heterocycles. The Morgan fingerprint density at radius 1 is 0.269 bits per heavy atom. The summed E-state index contributed by atoms with van der Waals surface area (Å²) in [6.45, 7) is 7.41. The van der Waals surface area contributed by atoms with Crippen LogP contribution in [0.4, 0.5) is 0 Å². The van der Waals surface area contributed by atoms with Crippen LogP contribution >= 0.6 is 15.6 Å². The molecule has 19 heteroatoms. The molecular weight excluding hydrogens is 1350 g/mol. The molecule has 0 aromatic heterocycles. The first-order chi connectivity index (χ1) is 50.6. The highest BCUT2D eigenvalue weighted by molar-refractivity contribution is 7.47. The van der Waals surface area contributed by atoms with E-state index in [2.05, 4.69) is 34.6 Å². The van der Waals surface area contributed by atoms with Crippen molar-refractivity contribution in [2.24, 2.45) is 5.92 Å². The second-order valence-electron chi connectivity index (χ2n) is 30.8. The predicted molar refractivity (Wildman–Crippen MR) is 428 cm³/mol. The number of aliphatic hydroxyl groups is 1. The average molecular weight is 1520 g/mol. The van der Waals surface area contributed by atoms with E-state index in [1.54, 1.807) is 0 Å². The zero-order valence-corrected chi connectivity index (χ0v) is 70.0. The van der Waals surface area contributed by atoms with Crippen LogP contribution in [0.25, 0.3) is 0 Å². The molecule has 0 aromatic carbocycles. The van der Waals surface area contributed by atoms with Crippen LogP contribution in [0.2, 0.25) is 0 Å². The number of esters is 4. The van der Waals surface area contributed by atoms with Gasteiger partial charge < -0.3 is 33.8 Å². The Bertz CT molecular complexity index is 1980. The van der Waals surface area contributed by atoms with Gasteiger partial charge in [0.2, 0.25) is 0 Å². The summed E-state index contributed by atoms with van der Waals surface area (Å²) in [5.41, 5.74) is 0. The fourth-order valence-corrected chi connectivity index (χ4v) is 14.8. The van der Waals surface area contributed by atoms with Crippen molar-refractivity contribution in [3.8, 4) is 0 Å². The maximum Gasteiger partial charge on any atom is 0.472 e. The SMILES string of the molecule is CCCCCCCCCCCCCCCCCCCCCCCC(=O)O[C@H](COC(=O)CCCCCCCCCCCCCCCCC(C)CC)COP(=O)(O)OC[C@@H](O)COP(=O)(O)OC[C@@H](COC(=O)CCCCCCCCCCCCCC)OC(=O)CCCCCCCCCCCCCCC. The number of hydrogen-bond acceptors (Lipinski definition) is 15. The molecule has 0 heterocycles. The third-order valence-electron chi connectivity index (χ3n) is 20.4. The van der Waals surface area contributed by atoms with E-state index in [0.717, 1.165) is 95.8 Å². The van der Waals surface area contributed by atoms with Gasteiger partial charge in [-0.3, -0.25) is 37.3 Å². The molecule has 0 saturated carbocycles. The summed E-state index contributed by atoms with van der Waals surface area (Å²) in [7, 11) is -9.92. The number of hydrogen-bond donors (Lipinski definition) is 3. The highest BCUT2D eigenvalue weighted by Crippen LogP contribution is 2.45. The molecule has 17 nitrogen and oxygen atoms in total. The first-order valence-electron chi connectivity index (χ1n) is 44.2. The molecule has 0 amide bonds.